The summed E-state index contributed by atoms with van der Waals surface area (Å²) in [5.74, 6) is 2.15. The second-order valence-corrected chi connectivity index (χ2v) is 6.92. The highest BCUT2D eigenvalue weighted by Crippen LogP contribution is 2.33. The minimum atomic E-state index is -0.0764. The number of aryl methyl sites for hydroxylation is 1. The second kappa shape index (κ2) is 6.36. The molecule has 0 spiro atoms. The summed E-state index contributed by atoms with van der Waals surface area (Å²) in [6, 6.07) is 8.13. The third-order valence-electron chi connectivity index (χ3n) is 5.16. The standard InChI is InChI=1S/C18H23N5O/c1-11-19-17(23-22-11)13-6-4-7-14(9-13)20-18(24)16-10-12-5-2-3-8-15(12)21-16/h4,6-7,9,12,15-16,21H,2-3,5,8,10H2,1H3,(H,20,24)(H,19,22,23). The van der Waals surface area contributed by atoms with E-state index in [0.29, 0.717) is 17.8 Å². The molecule has 2 fully saturated rings. The van der Waals surface area contributed by atoms with Crippen LogP contribution in [0.3, 0.4) is 0 Å². The summed E-state index contributed by atoms with van der Waals surface area (Å²) < 4.78 is 0. The number of H-pyrrole nitrogens is 1. The SMILES string of the molecule is Cc1nc(-c2cccc(NC(=O)C3CC4CCCCC4N3)c2)n[nH]1. The van der Waals surface area contributed by atoms with E-state index in [0.717, 1.165) is 23.5 Å². The molecule has 2 heterocycles. The molecule has 0 radical (unpaired) electrons. The van der Waals surface area contributed by atoms with E-state index in [1.54, 1.807) is 0 Å². The van der Waals surface area contributed by atoms with Gasteiger partial charge in [-0.25, -0.2) is 4.98 Å². The molecule has 2 aliphatic rings. The van der Waals surface area contributed by atoms with Crippen molar-refractivity contribution >= 4 is 11.6 Å². The van der Waals surface area contributed by atoms with Crippen molar-refractivity contribution in [1.82, 2.24) is 20.5 Å². The first kappa shape index (κ1) is 15.3. The third-order valence-corrected chi connectivity index (χ3v) is 5.16. The van der Waals surface area contributed by atoms with Gasteiger partial charge < -0.3 is 10.6 Å². The van der Waals surface area contributed by atoms with Crippen LogP contribution >= 0.6 is 0 Å². The maximum Gasteiger partial charge on any atom is 0.241 e. The number of anilines is 1. The lowest BCUT2D eigenvalue weighted by molar-refractivity contribution is -0.117. The average Bonchev–Trinajstić information content (AvgIpc) is 3.21. The Hall–Kier alpha value is -2.21. The fourth-order valence-electron chi connectivity index (χ4n) is 3.96. The number of amides is 1. The normalized spacial score (nSPS) is 26.1. The molecule has 126 valence electrons. The number of nitrogens with one attached hydrogen (secondary N) is 3. The van der Waals surface area contributed by atoms with Crippen LogP contribution < -0.4 is 10.6 Å². The number of aromatic nitrogens is 3. The summed E-state index contributed by atoms with van der Waals surface area (Å²) in [6.45, 7) is 1.87. The van der Waals surface area contributed by atoms with Gasteiger partial charge in [-0.1, -0.05) is 25.0 Å². The van der Waals surface area contributed by atoms with E-state index < -0.39 is 0 Å². The number of carbonyl (C=O) groups is 1. The number of nitrogens with zero attached hydrogens (tertiary/aromatic N) is 2. The molecular formula is C18H23N5O. The zero-order chi connectivity index (χ0) is 16.5. The maximum atomic E-state index is 12.6. The van der Waals surface area contributed by atoms with Gasteiger partial charge in [-0.3, -0.25) is 9.89 Å². The van der Waals surface area contributed by atoms with Gasteiger partial charge >= 0.3 is 0 Å². The van der Waals surface area contributed by atoms with E-state index in [1.807, 2.05) is 31.2 Å². The van der Waals surface area contributed by atoms with E-state index in [4.69, 9.17) is 0 Å². The first-order valence-electron chi connectivity index (χ1n) is 8.75. The van der Waals surface area contributed by atoms with Gasteiger partial charge in [0.1, 0.15) is 5.82 Å². The lowest BCUT2D eigenvalue weighted by atomic mass is 9.85. The average molecular weight is 325 g/mol. The van der Waals surface area contributed by atoms with Gasteiger partial charge in [-0.15, -0.1) is 0 Å². The molecule has 1 aromatic heterocycles. The van der Waals surface area contributed by atoms with Crippen molar-refractivity contribution < 1.29 is 4.79 Å². The van der Waals surface area contributed by atoms with Crippen molar-refractivity contribution in [2.24, 2.45) is 5.92 Å². The Labute approximate surface area is 141 Å². The fourth-order valence-corrected chi connectivity index (χ4v) is 3.96. The third kappa shape index (κ3) is 3.06. The summed E-state index contributed by atoms with van der Waals surface area (Å²) in [5.41, 5.74) is 1.68. The topological polar surface area (TPSA) is 82.7 Å². The highest BCUT2D eigenvalue weighted by Gasteiger charge is 2.38. The Morgan fingerprint density at radius 1 is 1.29 bits per heavy atom. The van der Waals surface area contributed by atoms with Crippen LogP contribution in [0.25, 0.3) is 11.4 Å². The van der Waals surface area contributed by atoms with E-state index in [2.05, 4.69) is 25.8 Å². The molecule has 1 saturated heterocycles. The van der Waals surface area contributed by atoms with Gasteiger partial charge in [-0.05, 0) is 44.2 Å². The first-order valence-corrected chi connectivity index (χ1v) is 8.75. The van der Waals surface area contributed by atoms with Crippen LogP contribution in [0.2, 0.25) is 0 Å². The molecular weight excluding hydrogens is 302 g/mol. The summed E-state index contributed by atoms with van der Waals surface area (Å²) in [4.78, 5) is 16.9. The highest BCUT2D eigenvalue weighted by molar-refractivity contribution is 5.95. The predicted molar refractivity (Wildman–Crippen MR) is 92.5 cm³/mol. The Morgan fingerprint density at radius 3 is 2.96 bits per heavy atom. The second-order valence-electron chi connectivity index (χ2n) is 6.92. The fraction of sp³-hybridized carbons (Fsp3) is 0.500. The van der Waals surface area contributed by atoms with Crippen molar-refractivity contribution in [2.75, 3.05) is 5.32 Å². The Bertz CT molecular complexity index is 727. The summed E-state index contributed by atoms with van der Waals surface area (Å²) in [6.07, 6.45) is 5.99. The number of carbonyl (C=O) groups excluding carboxylic acids is 1. The number of rotatable bonds is 3. The molecule has 3 atom stereocenters. The van der Waals surface area contributed by atoms with Crippen LogP contribution in [0.1, 0.15) is 37.9 Å². The van der Waals surface area contributed by atoms with Gasteiger partial charge in [-0.2, -0.15) is 5.10 Å². The Kier molecular flexibility index (Phi) is 4.06. The largest absolute Gasteiger partial charge is 0.325 e. The molecule has 2 aromatic rings. The lowest BCUT2D eigenvalue weighted by Gasteiger charge is -2.24. The molecule has 6 heteroatoms. The molecule has 3 N–H and O–H groups in total. The van der Waals surface area contributed by atoms with Gasteiger partial charge in [0.25, 0.3) is 0 Å². The highest BCUT2D eigenvalue weighted by atomic mass is 16.2. The van der Waals surface area contributed by atoms with E-state index >= 15 is 0 Å². The Balaban J connectivity index is 1.44. The lowest BCUT2D eigenvalue weighted by Crippen LogP contribution is -2.39. The molecule has 1 aliphatic heterocycles. The van der Waals surface area contributed by atoms with Crippen LogP contribution in [-0.2, 0) is 4.79 Å². The van der Waals surface area contributed by atoms with E-state index in [9.17, 15) is 4.79 Å². The van der Waals surface area contributed by atoms with Gasteiger partial charge in [0.05, 0.1) is 6.04 Å². The van der Waals surface area contributed by atoms with Crippen molar-refractivity contribution in [3.8, 4) is 11.4 Å². The van der Waals surface area contributed by atoms with E-state index in [-0.39, 0.29) is 11.9 Å². The molecule has 1 aliphatic carbocycles. The van der Waals surface area contributed by atoms with Crippen molar-refractivity contribution in [3.05, 3.63) is 30.1 Å². The number of aromatic amines is 1. The smallest absolute Gasteiger partial charge is 0.241 e. The molecule has 3 unspecified atom stereocenters. The van der Waals surface area contributed by atoms with Crippen LogP contribution in [0, 0.1) is 12.8 Å². The summed E-state index contributed by atoms with van der Waals surface area (Å²) in [7, 11) is 0. The van der Waals surface area contributed by atoms with Crippen molar-refractivity contribution in [3.63, 3.8) is 0 Å². The molecule has 0 bridgehead atoms. The molecule has 1 saturated carbocycles. The van der Waals surface area contributed by atoms with Crippen molar-refractivity contribution in [1.29, 1.82) is 0 Å². The van der Waals surface area contributed by atoms with Gasteiger partial charge in [0.2, 0.25) is 5.91 Å². The summed E-state index contributed by atoms with van der Waals surface area (Å²) >= 11 is 0. The molecule has 24 heavy (non-hydrogen) atoms. The number of fused-ring (bicyclic) bond motifs is 1. The number of hydrogen-bond donors (Lipinski definition) is 3. The minimum absolute atomic E-state index is 0.0627. The molecule has 6 nitrogen and oxygen atoms in total. The monoisotopic (exact) mass is 325 g/mol. The zero-order valence-corrected chi connectivity index (χ0v) is 13.9. The minimum Gasteiger partial charge on any atom is -0.325 e. The first-order chi connectivity index (χ1) is 11.7. The molecule has 1 aromatic carbocycles. The van der Waals surface area contributed by atoms with Crippen LogP contribution in [0.4, 0.5) is 5.69 Å². The van der Waals surface area contributed by atoms with Crippen molar-refractivity contribution in [2.45, 2.75) is 51.1 Å². The van der Waals surface area contributed by atoms with Crippen LogP contribution in [0.15, 0.2) is 24.3 Å². The quantitative estimate of drug-likeness (QED) is 0.810. The number of hydrogen-bond acceptors (Lipinski definition) is 4. The number of benzene rings is 1. The molecule has 1 amide bonds. The van der Waals surface area contributed by atoms with Crippen LogP contribution in [0.5, 0.6) is 0 Å². The molecule has 4 rings (SSSR count). The van der Waals surface area contributed by atoms with Gasteiger partial charge in [0, 0.05) is 17.3 Å². The van der Waals surface area contributed by atoms with Crippen LogP contribution in [-0.4, -0.2) is 33.2 Å². The zero-order valence-electron chi connectivity index (χ0n) is 13.9. The predicted octanol–water partition coefficient (Wildman–Crippen LogP) is 2.64. The van der Waals surface area contributed by atoms with Gasteiger partial charge in [0.15, 0.2) is 5.82 Å². The van der Waals surface area contributed by atoms with E-state index in [1.165, 1.54) is 25.7 Å². The Morgan fingerprint density at radius 2 is 2.17 bits per heavy atom. The summed E-state index contributed by atoms with van der Waals surface area (Å²) in [5, 5.41) is 13.6. The maximum absolute atomic E-state index is 12.6.